The van der Waals surface area contributed by atoms with Gasteiger partial charge in [0.25, 0.3) is 5.91 Å². The van der Waals surface area contributed by atoms with E-state index in [-0.39, 0.29) is 10.7 Å². The highest BCUT2D eigenvalue weighted by molar-refractivity contribution is 8.00. The van der Waals surface area contributed by atoms with Crippen LogP contribution in [-0.2, 0) is 0 Å². The van der Waals surface area contributed by atoms with Gasteiger partial charge in [-0.2, -0.15) is 17.0 Å². The number of carbonyl (C=O) groups excluding carboxylic acids is 1. The van der Waals surface area contributed by atoms with E-state index in [1.54, 1.807) is 12.1 Å². The van der Waals surface area contributed by atoms with E-state index in [0.29, 0.717) is 17.8 Å². The molecule has 0 radical (unpaired) electrons. The lowest BCUT2D eigenvalue weighted by atomic mass is 10.1. The second kappa shape index (κ2) is 5.40. The van der Waals surface area contributed by atoms with Crippen LogP contribution >= 0.6 is 11.8 Å². The molecule has 2 heterocycles. The van der Waals surface area contributed by atoms with Crippen molar-refractivity contribution in [3.05, 3.63) is 29.6 Å². The van der Waals surface area contributed by atoms with Gasteiger partial charge in [-0.25, -0.2) is 4.98 Å². The molecule has 0 bridgehead atoms. The smallest absolute Gasteiger partial charge is 0.269 e. The van der Waals surface area contributed by atoms with Gasteiger partial charge in [-0.3, -0.25) is 4.79 Å². The van der Waals surface area contributed by atoms with E-state index < -0.39 is 0 Å². The highest BCUT2D eigenvalue weighted by Gasteiger charge is 2.29. The molecular formula is C13H15N3OS. The maximum absolute atomic E-state index is 11.9. The standard InChI is InChI=1S/C13H15N3OS/c1-13(5-2-6-18-13)9-16-12(17)11-4-3-10(7-14)8-15-11/h3-4,8H,2,5-6,9H2,1H3,(H,16,17). The van der Waals surface area contributed by atoms with Crippen molar-refractivity contribution in [2.24, 2.45) is 0 Å². The van der Waals surface area contributed by atoms with Crippen LogP contribution in [0.5, 0.6) is 0 Å². The van der Waals surface area contributed by atoms with Gasteiger partial charge in [0, 0.05) is 17.5 Å². The minimum Gasteiger partial charge on any atom is -0.349 e. The van der Waals surface area contributed by atoms with Gasteiger partial charge in [-0.15, -0.1) is 0 Å². The number of hydrogen-bond acceptors (Lipinski definition) is 4. The Balaban J connectivity index is 1.93. The Hall–Kier alpha value is -1.54. The minimum atomic E-state index is -0.173. The third kappa shape index (κ3) is 3.02. The van der Waals surface area contributed by atoms with E-state index in [9.17, 15) is 4.79 Å². The number of thioether (sulfide) groups is 1. The molecule has 0 saturated carbocycles. The molecule has 1 atom stereocenters. The lowest BCUT2D eigenvalue weighted by Gasteiger charge is -2.22. The van der Waals surface area contributed by atoms with E-state index in [1.807, 2.05) is 17.8 Å². The Morgan fingerprint density at radius 2 is 2.50 bits per heavy atom. The zero-order valence-electron chi connectivity index (χ0n) is 10.3. The van der Waals surface area contributed by atoms with Crippen LogP contribution in [0.25, 0.3) is 0 Å². The van der Waals surface area contributed by atoms with Gasteiger partial charge in [-0.05, 0) is 37.7 Å². The lowest BCUT2D eigenvalue weighted by molar-refractivity contribution is 0.0945. The average Bonchev–Trinajstić information content (AvgIpc) is 2.83. The molecule has 1 aromatic rings. The SMILES string of the molecule is CC1(CNC(=O)c2ccc(C#N)cn2)CCCS1. The summed E-state index contributed by atoms with van der Waals surface area (Å²) in [6.45, 7) is 2.84. The van der Waals surface area contributed by atoms with Crippen LogP contribution in [0.1, 0.15) is 35.8 Å². The maximum atomic E-state index is 11.9. The molecule has 1 saturated heterocycles. The fraction of sp³-hybridized carbons (Fsp3) is 0.462. The van der Waals surface area contributed by atoms with Gasteiger partial charge in [0.1, 0.15) is 11.8 Å². The highest BCUT2D eigenvalue weighted by atomic mass is 32.2. The predicted octanol–water partition coefficient (Wildman–Crippen LogP) is 1.97. The number of aromatic nitrogens is 1. The summed E-state index contributed by atoms with van der Waals surface area (Å²) < 4.78 is 0.155. The molecule has 94 valence electrons. The van der Waals surface area contributed by atoms with Crippen molar-refractivity contribution in [2.75, 3.05) is 12.3 Å². The van der Waals surface area contributed by atoms with Gasteiger partial charge < -0.3 is 5.32 Å². The fourth-order valence-electron chi connectivity index (χ4n) is 1.93. The van der Waals surface area contributed by atoms with Crippen molar-refractivity contribution >= 4 is 17.7 Å². The van der Waals surface area contributed by atoms with Gasteiger partial charge in [0.05, 0.1) is 5.56 Å². The number of nitriles is 1. The Morgan fingerprint density at radius 3 is 3.06 bits per heavy atom. The minimum absolute atomic E-state index is 0.155. The molecule has 1 N–H and O–H groups in total. The van der Waals surface area contributed by atoms with Crippen LogP contribution in [0.15, 0.2) is 18.3 Å². The molecule has 1 fully saturated rings. The first kappa shape index (κ1) is 12.9. The fourth-order valence-corrected chi connectivity index (χ4v) is 3.17. The summed E-state index contributed by atoms with van der Waals surface area (Å²) in [5.41, 5.74) is 0.824. The Kier molecular flexibility index (Phi) is 3.87. The van der Waals surface area contributed by atoms with Crippen molar-refractivity contribution < 1.29 is 4.79 Å². The molecule has 1 aliphatic rings. The van der Waals surface area contributed by atoms with Crippen LogP contribution in [0.4, 0.5) is 0 Å². The summed E-state index contributed by atoms with van der Waals surface area (Å²) in [4.78, 5) is 15.9. The van der Waals surface area contributed by atoms with Gasteiger partial charge in [-0.1, -0.05) is 0 Å². The van der Waals surface area contributed by atoms with Crippen LogP contribution < -0.4 is 5.32 Å². The van der Waals surface area contributed by atoms with E-state index >= 15 is 0 Å². The molecule has 1 aromatic heterocycles. The maximum Gasteiger partial charge on any atom is 0.269 e. The molecule has 1 amide bonds. The third-order valence-corrected chi connectivity index (χ3v) is 4.59. The molecule has 5 heteroatoms. The second-order valence-corrected chi connectivity index (χ2v) is 6.31. The predicted molar refractivity (Wildman–Crippen MR) is 71.4 cm³/mol. The largest absolute Gasteiger partial charge is 0.349 e. The summed E-state index contributed by atoms with van der Waals surface area (Å²) >= 11 is 1.91. The van der Waals surface area contributed by atoms with Crippen LogP contribution in [-0.4, -0.2) is 27.9 Å². The van der Waals surface area contributed by atoms with E-state index in [0.717, 1.165) is 6.42 Å². The normalized spacial score (nSPS) is 22.4. The van der Waals surface area contributed by atoms with Crippen LogP contribution in [0.3, 0.4) is 0 Å². The summed E-state index contributed by atoms with van der Waals surface area (Å²) in [5, 5.41) is 11.6. The summed E-state index contributed by atoms with van der Waals surface area (Å²) in [6, 6.07) is 5.16. The quantitative estimate of drug-likeness (QED) is 0.903. The number of nitrogens with zero attached hydrogens (tertiary/aromatic N) is 2. The first-order valence-corrected chi connectivity index (χ1v) is 6.90. The molecule has 1 aliphatic heterocycles. The van der Waals surface area contributed by atoms with Crippen molar-refractivity contribution in [2.45, 2.75) is 24.5 Å². The summed E-state index contributed by atoms with van der Waals surface area (Å²) in [7, 11) is 0. The Morgan fingerprint density at radius 1 is 1.67 bits per heavy atom. The molecule has 2 rings (SSSR count). The molecule has 0 aromatic carbocycles. The first-order valence-electron chi connectivity index (χ1n) is 5.91. The van der Waals surface area contributed by atoms with Crippen LogP contribution in [0.2, 0.25) is 0 Å². The summed E-state index contributed by atoms with van der Waals surface area (Å²) in [5.74, 6) is 0.995. The number of rotatable bonds is 3. The van der Waals surface area contributed by atoms with Gasteiger partial charge >= 0.3 is 0 Å². The molecule has 0 spiro atoms. The highest BCUT2D eigenvalue weighted by Crippen LogP contribution is 2.36. The number of carbonyl (C=O) groups is 1. The topological polar surface area (TPSA) is 65.8 Å². The van der Waals surface area contributed by atoms with Crippen molar-refractivity contribution in [1.82, 2.24) is 10.3 Å². The van der Waals surface area contributed by atoms with Gasteiger partial charge in [0.2, 0.25) is 0 Å². The third-order valence-electron chi connectivity index (χ3n) is 3.05. The van der Waals surface area contributed by atoms with Crippen molar-refractivity contribution in [1.29, 1.82) is 5.26 Å². The molecule has 1 unspecified atom stereocenters. The van der Waals surface area contributed by atoms with E-state index in [1.165, 1.54) is 18.4 Å². The Labute approximate surface area is 111 Å². The van der Waals surface area contributed by atoms with Crippen molar-refractivity contribution in [3.63, 3.8) is 0 Å². The zero-order valence-corrected chi connectivity index (χ0v) is 11.1. The van der Waals surface area contributed by atoms with Crippen LogP contribution in [0, 0.1) is 11.3 Å². The number of amides is 1. The zero-order chi connectivity index (χ0) is 13.0. The number of hydrogen-bond donors (Lipinski definition) is 1. The monoisotopic (exact) mass is 261 g/mol. The number of nitrogens with one attached hydrogen (secondary N) is 1. The molecule has 18 heavy (non-hydrogen) atoms. The number of pyridine rings is 1. The Bertz CT molecular complexity index is 472. The molecular weight excluding hydrogens is 246 g/mol. The van der Waals surface area contributed by atoms with E-state index in [2.05, 4.69) is 17.2 Å². The molecule has 0 aliphatic carbocycles. The first-order chi connectivity index (χ1) is 8.63. The molecule has 4 nitrogen and oxygen atoms in total. The van der Waals surface area contributed by atoms with E-state index in [4.69, 9.17) is 5.26 Å². The second-order valence-electron chi connectivity index (χ2n) is 4.63. The summed E-state index contributed by atoms with van der Waals surface area (Å²) in [6.07, 6.45) is 3.77. The van der Waals surface area contributed by atoms with Gasteiger partial charge in [0.15, 0.2) is 0 Å². The lowest BCUT2D eigenvalue weighted by Crippen LogP contribution is -2.37. The van der Waals surface area contributed by atoms with Crippen molar-refractivity contribution in [3.8, 4) is 6.07 Å². The average molecular weight is 261 g/mol.